The lowest BCUT2D eigenvalue weighted by Gasteiger charge is -2.22. The Morgan fingerprint density at radius 2 is 2.11 bits per heavy atom. The van der Waals surface area contributed by atoms with Gasteiger partial charge in [0, 0.05) is 30.4 Å². The first-order chi connectivity index (χ1) is 9.15. The van der Waals surface area contributed by atoms with E-state index in [-0.39, 0.29) is 12.1 Å². The Bertz CT molecular complexity index is 550. The van der Waals surface area contributed by atoms with Gasteiger partial charge in [-0.15, -0.1) is 0 Å². The van der Waals surface area contributed by atoms with Crippen molar-refractivity contribution in [2.45, 2.75) is 12.0 Å². The topological polar surface area (TPSA) is 59.1 Å². The average molecular weight is 325 g/mol. The molecule has 0 bridgehead atoms. The SMILES string of the molecule is NCC(c1cccnc1)C(O)c1cccc(Br)c1F. The molecule has 5 heteroatoms. The summed E-state index contributed by atoms with van der Waals surface area (Å²) in [5.74, 6) is -0.852. The Morgan fingerprint density at radius 3 is 2.74 bits per heavy atom. The van der Waals surface area contributed by atoms with E-state index in [1.807, 2.05) is 6.07 Å². The number of hydrogen-bond acceptors (Lipinski definition) is 3. The lowest BCUT2D eigenvalue weighted by Crippen LogP contribution is -2.21. The van der Waals surface area contributed by atoms with Gasteiger partial charge >= 0.3 is 0 Å². The third kappa shape index (κ3) is 3.00. The molecule has 0 saturated heterocycles. The van der Waals surface area contributed by atoms with E-state index in [9.17, 15) is 9.50 Å². The molecule has 1 aromatic heterocycles. The summed E-state index contributed by atoms with van der Waals surface area (Å²) >= 11 is 3.11. The molecule has 3 N–H and O–H groups in total. The number of pyridine rings is 1. The van der Waals surface area contributed by atoms with Gasteiger partial charge in [-0.1, -0.05) is 18.2 Å². The number of aliphatic hydroxyl groups is 1. The molecule has 0 aliphatic rings. The Kier molecular flexibility index (Phi) is 4.63. The zero-order valence-electron chi connectivity index (χ0n) is 10.1. The second-order valence-corrected chi connectivity index (χ2v) is 5.07. The maximum atomic E-state index is 14.0. The molecule has 1 aromatic carbocycles. The van der Waals surface area contributed by atoms with Gasteiger partial charge in [0.25, 0.3) is 0 Å². The lowest BCUT2D eigenvalue weighted by atomic mass is 9.90. The van der Waals surface area contributed by atoms with Crippen LogP contribution >= 0.6 is 15.9 Å². The number of aromatic nitrogens is 1. The summed E-state index contributed by atoms with van der Waals surface area (Å²) in [5.41, 5.74) is 6.73. The Hall–Kier alpha value is -1.30. The zero-order valence-corrected chi connectivity index (χ0v) is 11.7. The van der Waals surface area contributed by atoms with Crippen molar-refractivity contribution in [2.24, 2.45) is 5.73 Å². The third-order valence-corrected chi connectivity index (χ3v) is 3.66. The van der Waals surface area contributed by atoms with Crippen molar-refractivity contribution < 1.29 is 9.50 Å². The van der Waals surface area contributed by atoms with Crippen LogP contribution < -0.4 is 5.73 Å². The predicted octanol–water partition coefficient (Wildman–Crippen LogP) is 2.76. The summed E-state index contributed by atoms with van der Waals surface area (Å²) in [6, 6.07) is 8.42. The Labute approximate surface area is 119 Å². The van der Waals surface area contributed by atoms with Crippen molar-refractivity contribution in [3.63, 3.8) is 0 Å². The van der Waals surface area contributed by atoms with Crippen LogP contribution in [0.3, 0.4) is 0 Å². The number of rotatable bonds is 4. The van der Waals surface area contributed by atoms with Gasteiger partial charge in [-0.3, -0.25) is 4.98 Å². The minimum atomic E-state index is -1.01. The normalized spacial score (nSPS) is 14.1. The van der Waals surface area contributed by atoms with Crippen molar-refractivity contribution in [1.29, 1.82) is 0 Å². The zero-order chi connectivity index (χ0) is 13.8. The Balaban J connectivity index is 2.36. The molecule has 1 heterocycles. The van der Waals surface area contributed by atoms with Gasteiger partial charge < -0.3 is 10.8 Å². The third-order valence-electron chi connectivity index (χ3n) is 3.05. The molecule has 2 aromatic rings. The molecule has 2 unspecified atom stereocenters. The van der Waals surface area contributed by atoms with E-state index in [4.69, 9.17) is 5.73 Å². The van der Waals surface area contributed by atoms with Crippen LogP contribution in [0.2, 0.25) is 0 Å². The van der Waals surface area contributed by atoms with Crippen molar-refractivity contribution in [3.05, 3.63) is 64.1 Å². The van der Waals surface area contributed by atoms with Crippen LogP contribution in [0.15, 0.2) is 47.2 Å². The van der Waals surface area contributed by atoms with Crippen LogP contribution in [0.4, 0.5) is 4.39 Å². The average Bonchev–Trinajstić information content (AvgIpc) is 2.44. The molecule has 0 aliphatic carbocycles. The van der Waals surface area contributed by atoms with Gasteiger partial charge in [0.1, 0.15) is 5.82 Å². The van der Waals surface area contributed by atoms with E-state index in [0.29, 0.717) is 4.47 Å². The second-order valence-electron chi connectivity index (χ2n) is 4.22. The van der Waals surface area contributed by atoms with Crippen LogP contribution in [0.1, 0.15) is 23.1 Å². The summed E-state index contributed by atoms with van der Waals surface area (Å²) in [6.07, 6.45) is 2.27. The standard InChI is InChI=1S/C14H14BrFN2O/c15-12-5-1-4-10(13(12)16)14(19)11(7-17)9-3-2-6-18-8-9/h1-6,8,11,14,19H,7,17H2. The van der Waals surface area contributed by atoms with Crippen molar-refractivity contribution in [3.8, 4) is 0 Å². The van der Waals surface area contributed by atoms with Crippen molar-refractivity contribution in [2.75, 3.05) is 6.54 Å². The van der Waals surface area contributed by atoms with Gasteiger partial charge in [-0.25, -0.2) is 4.39 Å². The highest BCUT2D eigenvalue weighted by atomic mass is 79.9. The molecular weight excluding hydrogens is 311 g/mol. The predicted molar refractivity (Wildman–Crippen MR) is 75.1 cm³/mol. The summed E-state index contributed by atoms with van der Waals surface area (Å²) in [4.78, 5) is 4.00. The highest BCUT2D eigenvalue weighted by Crippen LogP contribution is 2.33. The number of aliphatic hydroxyl groups excluding tert-OH is 1. The van der Waals surface area contributed by atoms with Crippen LogP contribution in [0.5, 0.6) is 0 Å². The summed E-state index contributed by atoms with van der Waals surface area (Å²) in [5, 5.41) is 10.4. The largest absolute Gasteiger partial charge is 0.388 e. The monoisotopic (exact) mass is 324 g/mol. The second kappa shape index (κ2) is 6.23. The maximum Gasteiger partial charge on any atom is 0.143 e. The number of nitrogens with two attached hydrogens (primary N) is 1. The van der Waals surface area contributed by atoms with E-state index in [1.165, 1.54) is 0 Å². The molecule has 2 atom stereocenters. The number of halogens is 2. The minimum Gasteiger partial charge on any atom is -0.388 e. The van der Waals surface area contributed by atoms with Gasteiger partial charge in [0.05, 0.1) is 10.6 Å². The molecule has 0 saturated carbocycles. The fraction of sp³-hybridized carbons (Fsp3) is 0.214. The minimum absolute atomic E-state index is 0.207. The van der Waals surface area contributed by atoms with Gasteiger partial charge in [-0.2, -0.15) is 0 Å². The smallest absolute Gasteiger partial charge is 0.143 e. The van der Waals surface area contributed by atoms with E-state index in [2.05, 4.69) is 20.9 Å². The highest BCUT2D eigenvalue weighted by Gasteiger charge is 2.24. The molecular formula is C14H14BrFN2O. The molecule has 19 heavy (non-hydrogen) atoms. The fourth-order valence-corrected chi connectivity index (χ4v) is 2.39. The molecule has 0 spiro atoms. The molecule has 100 valence electrons. The van der Waals surface area contributed by atoms with Crippen LogP contribution in [-0.2, 0) is 0 Å². The molecule has 0 fully saturated rings. The van der Waals surface area contributed by atoms with Crippen molar-refractivity contribution >= 4 is 15.9 Å². The molecule has 2 rings (SSSR count). The first-order valence-electron chi connectivity index (χ1n) is 5.87. The maximum absolute atomic E-state index is 14.0. The fourth-order valence-electron chi connectivity index (χ4n) is 2.01. The van der Waals surface area contributed by atoms with Crippen LogP contribution in [-0.4, -0.2) is 16.6 Å². The van der Waals surface area contributed by atoms with E-state index < -0.39 is 17.8 Å². The summed E-state index contributed by atoms with van der Waals surface area (Å²) < 4.78 is 14.3. The number of benzene rings is 1. The van der Waals surface area contributed by atoms with E-state index in [1.54, 1.807) is 36.7 Å². The Morgan fingerprint density at radius 1 is 1.32 bits per heavy atom. The molecule has 0 aliphatic heterocycles. The lowest BCUT2D eigenvalue weighted by molar-refractivity contribution is 0.143. The molecule has 0 amide bonds. The number of nitrogens with zero attached hydrogens (tertiary/aromatic N) is 1. The van der Waals surface area contributed by atoms with Gasteiger partial charge in [0.15, 0.2) is 0 Å². The quantitative estimate of drug-likeness (QED) is 0.909. The van der Waals surface area contributed by atoms with Gasteiger partial charge in [-0.05, 0) is 33.6 Å². The van der Waals surface area contributed by atoms with Crippen LogP contribution in [0.25, 0.3) is 0 Å². The van der Waals surface area contributed by atoms with E-state index in [0.717, 1.165) is 5.56 Å². The van der Waals surface area contributed by atoms with Crippen LogP contribution in [0, 0.1) is 5.82 Å². The molecule has 0 radical (unpaired) electrons. The molecule has 3 nitrogen and oxygen atoms in total. The van der Waals surface area contributed by atoms with Crippen molar-refractivity contribution in [1.82, 2.24) is 4.98 Å². The first kappa shape index (κ1) is 14.1. The summed E-state index contributed by atoms with van der Waals surface area (Å²) in [7, 11) is 0. The van der Waals surface area contributed by atoms with Gasteiger partial charge in [0.2, 0.25) is 0 Å². The highest BCUT2D eigenvalue weighted by molar-refractivity contribution is 9.10. The number of hydrogen-bond donors (Lipinski definition) is 2. The summed E-state index contributed by atoms with van der Waals surface area (Å²) in [6.45, 7) is 0.207. The van der Waals surface area contributed by atoms with E-state index >= 15 is 0 Å². The first-order valence-corrected chi connectivity index (χ1v) is 6.66.